The minimum Gasteiger partial charge on any atom is -0.317 e. The summed E-state index contributed by atoms with van der Waals surface area (Å²) in [5, 5.41) is 13.4. The number of hydrogen-bond acceptors (Lipinski definition) is 6. The molecule has 1 aromatic heterocycles. The summed E-state index contributed by atoms with van der Waals surface area (Å²) < 4.78 is 0. The Morgan fingerprint density at radius 3 is 2.71 bits per heavy atom. The van der Waals surface area contributed by atoms with Crippen molar-refractivity contribution in [1.29, 1.82) is 0 Å². The van der Waals surface area contributed by atoms with Crippen molar-refractivity contribution in [3.05, 3.63) is 57.2 Å². The van der Waals surface area contributed by atoms with Crippen LogP contribution in [0.15, 0.2) is 36.5 Å². The average Bonchev–Trinajstić information content (AvgIpc) is 2.47. The van der Waals surface area contributed by atoms with Crippen LogP contribution in [-0.2, 0) is 0 Å². The molecule has 2 aromatic rings. The lowest BCUT2D eigenvalue weighted by Gasteiger charge is -2.08. The van der Waals surface area contributed by atoms with Crippen LogP contribution in [0.2, 0.25) is 5.02 Å². The summed E-state index contributed by atoms with van der Waals surface area (Å²) in [4.78, 5) is 26.3. The van der Waals surface area contributed by atoms with Crippen LogP contribution in [0, 0.1) is 10.1 Å². The number of nitrogens with two attached hydrogens (primary N) is 1. The maximum Gasteiger partial charge on any atom is 0.295 e. The van der Waals surface area contributed by atoms with Gasteiger partial charge >= 0.3 is 0 Å². The van der Waals surface area contributed by atoms with Crippen molar-refractivity contribution >= 4 is 34.7 Å². The molecule has 108 valence electrons. The third-order valence-electron chi connectivity index (χ3n) is 2.58. The Kier molecular flexibility index (Phi) is 4.31. The fourth-order valence-electron chi connectivity index (χ4n) is 1.64. The molecule has 0 radical (unpaired) electrons. The molecule has 1 aromatic carbocycles. The molecule has 0 atom stereocenters. The van der Waals surface area contributed by atoms with Crippen LogP contribution in [0.4, 0.5) is 17.2 Å². The fraction of sp³-hybridized carbons (Fsp3) is 0. The molecule has 0 aliphatic rings. The highest BCUT2D eigenvalue weighted by atomic mass is 35.5. The molecule has 21 heavy (non-hydrogen) atoms. The molecule has 0 fully saturated rings. The van der Waals surface area contributed by atoms with Gasteiger partial charge in [-0.15, -0.1) is 0 Å². The lowest BCUT2D eigenvalue weighted by Crippen LogP contribution is -2.15. The topological polar surface area (TPSA) is 123 Å². The lowest BCUT2D eigenvalue weighted by molar-refractivity contribution is -0.384. The van der Waals surface area contributed by atoms with Crippen LogP contribution < -0.4 is 16.6 Å². The van der Waals surface area contributed by atoms with Crippen LogP contribution in [0.25, 0.3) is 0 Å². The van der Waals surface area contributed by atoms with E-state index in [1.807, 2.05) is 0 Å². The van der Waals surface area contributed by atoms with Crippen molar-refractivity contribution in [2.24, 2.45) is 5.84 Å². The normalized spacial score (nSPS) is 10.0. The first kappa shape index (κ1) is 14.7. The second-order valence-corrected chi connectivity index (χ2v) is 4.33. The molecule has 2 rings (SSSR count). The van der Waals surface area contributed by atoms with Crippen molar-refractivity contribution in [1.82, 2.24) is 4.98 Å². The predicted molar refractivity (Wildman–Crippen MR) is 78.1 cm³/mol. The number of hydrazine groups is 1. The Hall–Kier alpha value is -2.71. The zero-order valence-electron chi connectivity index (χ0n) is 10.5. The lowest BCUT2D eigenvalue weighted by atomic mass is 10.1. The SMILES string of the molecule is NNc1c(Cl)cc(C(=O)Nc2ccccn2)cc1[N+](=O)[O-]. The van der Waals surface area contributed by atoms with E-state index in [0.29, 0.717) is 5.82 Å². The second kappa shape index (κ2) is 6.16. The van der Waals surface area contributed by atoms with Crippen LogP contribution in [-0.4, -0.2) is 15.8 Å². The first-order valence-electron chi connectivity index (χ1n) is 5.70. The summed E-state index contributed by atoms with van der Waals surface area (Å²) >= 11 is 5.88. The number of carbonyl (C=O) groups is 1. The molecular weight excluding hydrogens is 298 g/mol. The number of pyridine rings is 1. The van der Waals surface area contributed by atoms with Gasteiger partial charge in [0, 0.05) is 17.8 Å². The quantitative estimate of drug-likeness (QED) is 0.452. The Morgan fingerprint density at radius 1 is 1.38 bits per heavy atom. The monoisotopic (exact) mass is 307 g/mol. The molecule has 9 heteroatoms. The number of carbonyl (C=O) groups excluding carboxylic acids is 1. The van der Waals surface area contributed by atoms with E-state index in [4.69, 9.17) is 17.4 Å². The molecule has 0 saturated carbocycles. The van der Waals surface area contributed by atoms with Gasteiger partial charge in [0.1, 0.15) is 11.5 Å². The minimum atomic E-state index is -0.682. The molecule has 1 amide bonds. The summed E-state index contributed by atoms with van der Waals surface area (Å²) in [7, 11) is 0. The third kappa shape index (κ3) is 3.25. The molecule has 0 unspecified atom stereocenters. The largest absolute Gasteiger partial charge is 0.317 e. The molecule has 0 saturated heterocycles. The number of nitro benzene ring substituents is 1. The number of rotatable bonds is 4. The Balaban J connectivity index is 2.36. The van der Waals surface area contributed by atoms with E-state index in [1.54, 1.807) is 18.2 Å². The number of nitrogen functional groups attached to an aromatic ring is 1. The van der Waals surface area contributed by atoms with Crippen molar-refractivity contribution < 1.29 is 9.72 Å². The van der Waals surface area contributed by atoms with Crippen LogP contribution >= 0.6 is 11.6 Å². The Labute approximate surface area is 124 Å². The van der Waals surface area contributed by atoms with Crippen LogP contribution in [0.1, 0.15) is 10.4 Å². The molecular formula is C12H10ClN5O3. The van der Waals surface area contributed by atoms with Gasteiger partial charge in [0.05, 0.1) is 9.95 Å². The summed E-state index contributed by atoms with van der Waals surface area (Å²) in [6, 6.07) is 7.34. The molecule has 0 aliphatic carbocycles. The van der Waals surface area contributed by atoms with Gasteiger partial charge in [-0.2, -0.15) is 0 Å². The van der Waals surface area contributed by atoms with Gasteiger partial charge in [-0.25, -0.2) is 4.98 Å². The summed E-state index contributed by atoms with van der Waals surface area (Å²) in [5.41, 5.74) is 1.72. The number of anilines is 2. The maximum absolute atomic E-state index is 12.1. The van der Waals surface area contributed by atoms with Crippen LogP contribution in [0.5, 0.6) is 0 Å². The second-order valence-electron chi connectivity index (χ2n) is 3.92. The van der Waals surface area contributed by atoms with E-state index in [2.05, 4.69) is 15.7 Å². The standard InChI is InChI=1S/C12H10ClN5O3/c13-8-5-7(6-9(18(20)21)11(8)17-14)12(19)16-10-3-1-2-4-15-10/h1-6,17H,14H2,(H,15,16,19). The number of nitro groups is 1. The summed E-state index contributed by atoms with van der Waals surface area (Å²) in [6.45, 7) is 0. The van der Waals surface area contributed by atoms with Crippen molar-refractivity contribution in [2.75, 3.05) is 10.7 Å². The molecule has 8 nitrogen and oxygen atoms in total. The van der Waals surface area contributed by atoms with Gasteiger partial charge in [-0.05, 0) is 18.2 Å². The number of nitrogens with zero attached hydrogens (tertiary/aromatic N) is 2. The highest BCUT2D eigenvalue weighted by Crippen LogP contribution is 2.33. The van der Waals surface area contributed by atoms with Gasteiger partial charge in [0.25, 0.3) is 11.6 Å². The van der Waals surface area contributed by atoms with Gasteiger partial charge in [-0.1, -0.05) is 17.7 Å². The van der Waals surface area contributed by atoms with Gasteiger partial charge in [0.2, 0.25) is 0 Å². The zero-order chi connectivity index (χ0) is 15.4. The fourth-order valence-corrected chi connectivity index (χ4v) is 1.90. The van der Waals surface area contributed by atoms with Gasteiger partial charge < -0.3 is 10.7 Å². The van der Waals surface area contributed by atoms with E-state index in [0.717, 1.165) is 6.07 Å². The maximum atomic E-state index is 12.1. The van der Waals surface area contributed by atoms with Crippen molar-refractivity contribution in [3.8, 4) is 0 Å². The number of halogens is 1. The number of nitrogens with one attached hydrogen (secondary N) is 2. The highest BCUT2D eigenvalue weighted by Gasteiger charge is 2.21. The third-order valence-corrected chi connectivity index (χ3v) is 2.88. The zero-order valence-corrected chi connectivity index (χ0v) is 11.3. The van der Waals surface area contributed by atoms with E-state index < -0.39 is 16.5 Å². The van der Waals surface area contributed by atoms with E-state index in [1.165, 1.54) is 12.3 Å². The molecule has 1 heterocycles. The van der Waals surface area contributed by atoms with E-state index in [9.17, 15) is 14.9 Å². The molecule has 0 aliphatic heterocycles. The van der Waals surface area contributed by atoms with Gasteiger partial charge in [0.15, 0.2) is 0 Å². The minimum absolute atomic E-state index is 0.0244. The first-order chi connectivity index (χ1) is 10.0. The smallest absolute Gasteiger partial charge is 0.295 e. The number of benzene rings is 1. The van der Waals surface area contributed by atoms with Crippen LogP contribution in [0.3, 0.4) is 0 Å². The van der Waals surface area contributed by atoms with Gasteiger partial charge in [-0.3, -0.25) is 20.8 Å². The summed E-state index contributed by atoms with van der Waals surface area (Å²) in [6.07, 6.45) is 1.51. The summed E-state index contributed by atoms with van der Waals surface area (Å²) in [5.74, 6) is 4.94. The van der Waals surface area contributed by atoms with E-state index >= 15 is 0 Å². The average molecular weight is 308 g/mol. The number of hydrogen-bond donors (Lipinski definition) is 3. The highest BCUT2D eigenvalue weighted by molar-refractivity contribution is 6.34. The van der Waals surface area contributed by atoms with Crippen molar-refractivity contribution in [2.45, 2.75) is 0 Å². The molecule has 0 bridgehead atoms. The molecule has 4 N–H and O–H groups in total. The predicted octanol–water partition coefficient (Wildman–Crippen LogP) is 2.18. The number of aromatic nitrogens is 1. The van der Waals surface area contributed by atoms with Crippen molar-refractivity contribution in [3.63, 3.8) is 0 Å². The van der Waals surface area contributed by atoms with E-state index in [-0.39, 0.29) is 16.3 Å². The molecule has 0 spiro atoms. The Bertz CT molecular complexity index is 693. The Morgan fingerprint density at radius 2 is 2.14 bits per heavy atom. The number of amides is 1. The first-order valence-corrected chi connectivity index (χ1v) is 6.07.